The quantitative estimate of drug-likeness (QED) is 0.699. The van der Waals surface area contributed by atoms with Gasteiger partial charge in [-0.3, -0.25) is 0 Å². The van der Waals surface area contributed by atoms with Crippen LogP contribution in [0.3, 0.4) is 0 Å². The monoisotopic (exact) mass is 223 g/mol. The fourth-order valence-electron chi connectivity index (χ4n) is 2.21. The van der Waals surface area contributed by atoms with Crippen LogP contribution in [-0.2, 0) is 0 Å². The number of likely N-dealkylation sites (tertiary alicyclic amines) is 1. The molecule has 0 bridgehead atoms. The van der Waals surface area contributed by atoms with E-state index in [1.165, 1.54) is 32.4 Å². The number of hydrogen-bond donors (Lipinski definition) is 1. The van der Waals surface area contributed by atoms with E-state index in [4.69, 9.17) is 5.26 Å². The zero-order valence-corrected chi connectivity index (χ0v) is 10.7. The third-order valence-electron chi connectivity index (χ3n) is 3.63. The standard InChI is InChI=1S/C13H25N3/c1-3-12(10-14)11-15-7-4-13-5-8-16(2)9-6-13/h12-13,15H,3-9,11H2,1-2H3. The summed E-state index contributed by atoms with van der Waals surface area (Å²) >= 11 is 0. The molecule has 0 radical (unpaired) electrons. The van der Waals surface area contributed by atoms with E-state index in [1.807, 2.05) is 0 Å². The van der Waals surface area contributed by atoms with Crippen LogP contribution in [0, 0.1) is 23.2 Å². The number of nitrogens with zero attached hydrogens (tertiary/aromatic N) is 2. The summed E-state index contributed by atoms with van der Waals surface area (Å²) in [6.07, 6.45) is 4.91. The van der Waals surface area contributed by atoms with E-state index in [2.05, 4.69) is 30.3 Å². The Kier molecular flexibility index (Phi) is 6.44. The van der Waals surface area contributed by atoms with Crippen LogP contribution >= 0.6 is 0 Å². The van der Waals surface area contributed by atoms with Crippen molar-refractivity contribution in [3.63, 3.8) is 0 Å². The predicted molar refractivity (Wildman–Crippen MR) is 67.1 cm³/mol. The van der Waals surface area contributed by atoms with Crippen molar-refractivity contribution in [3.8, 4) is 6.07 Å². The first-order chi connectivity index (χ1) is 7.76. The van der Waals surface area contributed by atoms with E-state index in [0.29, 0.717) is 0 Å². The van der Waals surface area contributed by atoms with Crippen LogP contribution in [0.4, 0.5) is 0 Å². The molecule has 1 rings (SSSR count). The SMILES string of the molecule is CCC(C#N)CNCCC1CCN(C)CC1. The zero-order chi connectivity index (χ0) is 11.8. The minimum Gasteiger partial charge on any atom is -0.315 e. The molecule has 0 aromatic heterocycles. The third kappa shape index (κ3) is 4.96. The molecule has 1 fully saturated rings. The van der Waals surface area contributed by atoms with Gasteiger partial charge >= 0.3 is 0 Å². The highest BCUT2D eigenvalue weighted by Crippen LogP contribution is 2.18. The molecule has 16 heavy (non-hydrogen) atoms. The van der Waals surface area contributed by atoms with Gasteiger partial charge in [0.15, 0.2) is 0 Å². The van der Waals surface area contributed by atoms with E-state index in [9.17, 15) is 0 Å². The highest BCUT2D eigenvalue weighted by atomic mass is 15.1. The topological polar surface area (TPSA) is 39.1 Å². The van der Waals surface area contributed by atoms with Crippen LogP contribution < -0.4 is 5.32 Å². The smallest absolute Gasteiger partial charge is 0.0669 e. The van der Waals surface area contributed by atoms with Crippen LogP contribution in [0.5, 0.6) is 0 Å². The van der Waals surface area contributed by atoms with Crippen molar-refractivity contribution >= 4 is 0 Å². The molecule has 1 heterocycles. The van der Waals surface area contributed by atoms with E-state index < -0.39 is 0 Å². The summed E-state index contributed by atoms with van der Waals surface area (Å²) in [6, 6.07) is 2.33. The normalized spacial score (nSPS) is 20.6. The number of nitriles is 1. The van der Waals surface area contributed by atoms with Crippen molar-refractivity contribution in [1.82, 2.24) is 10.2 Å². The molecule has 1 aliphatic heterocycles. The van der Waals surface area contributed by atoms with Gasteiger partial charge in [-0.1, -0.05) is 6.92 Å². The van der Waals surface area contributed by atoms with Gasteiger partial charge in [0.25, 0.3) is 0 Å². The molecule has 3 heteroatoms. The van der Waals surface area contributed by atoms with Gasteiger partial charge in [0.05, 0.1) is 12.0 Å². The largest absolute Gasteiger partial charge is 0.315 e. The summed E-state index contributed by atoms with van der Waals surface area (Å²) in [6.45, 7) is 6.51. The molecule has 1 unspecified atom stereocenters. The first-order valence-electron chi connectivity index (χ1n) is 6.55. The molecule has 1 aliphatic rings. The van der Waals surface area contributed by atoms with Crippen LogP contribution in [0.25, 0.3) is 0 Å². The minimum absolute atomic E-state index is 0.192. The van der Waals surface area contributed by atoms with Crippen molar-refractivity contribution < 1.29 is 0 Å². The number of nitrogens with one attached hydrogen (secondary N) is 1. The molecule has 0 amide bonds. The Labute approximate surface area is 99.8 Å². The molecule has 0 aliphatic carbocycles. The molecule has 0 aromatic carbocycles. The Morgan fingerprint density at radius 3 is 2.69 bits per heavy atom. The second-order valence-electron chi connectivity index (χ2n) is 4.97. The predicted octanol–water partition coefficient (Wildman–Crippen LogP) is 1.86. The van der Waals surface area contributed by atoms with E-state index in [0.717, 1.165) is 25.4 Å². The van der Waals surface area contributed by atoms with Gasteiger partial charge in [0.1, 0.15) is 0 Å². The van der Waals surface area contributed by atoms with Crippen LogP contribution in [0.15, 0.2) is 0 Å². The fraction of sp³-hybridized carbons (Fsp3) is 0.923. The maximum absolute atomic E-state index is 8.81. The number of piperidine rings is 1. The van der Waals surface area contributed by atoms with E-state index >= 15 is 0 Å². The second-order valence-corrected chi connectivity index (χ2v) is 4.97. The lowest BCUT2D eigenvalue weighted by atomic mass is 9.94. The molecule has 1 atom stereocenters. The first kappa shape index (κ1) is 13.5. The zero-order valence-electron chi connectivity index (χ0n) is 10.7. The summed E-state index contributed by atoms with van der Waals surface area (Å²) in [5.41, 5.74) is 0. The Balaban J connectivity index is 2.01. The lowest BCUT2D eigenvalue weighted by Gasteiger charge is -2.28. The number of hydrogen-bond acceptors (Lipinski definition) is 3. The van der Waals surface area contributed by atoms with Crippen molar-refractivity contribution in [1.29, 1.82) is 5.26 Å². The maximum atomic E-state index is 8.81. The molecule has 92 valence electrons. The Bertz CT molecular complexity index is 214. The van der Waals surface area contributed by atoms with Crippen molar-refractivity contribution in [2.45, 2.75) is 32.6 Å². The van der Waals surface area contributed by atoms with Crippen molar-refractivity contribution in [2.24, 2.45) is 11.8 Å². The molecular formula is C13H25N3. The summed E-state index contributed by atoms with van der Waals surface area (Å²) in [4.78, 5) is 2.41. The minimum atomic E-state index is 0.192. The Morgan fingerprint density at radius 1 is 1.44 bits per heavy atom. The average molecular weight is 223 g/mol. The molecule has 0 spiro atoms. The van der Waals surface area contributed by atoms with Crippen LogP contribution in [-0.4, -0.2) is 38.1 Å². The van der Waals surface area contributed by atoms with E-state index in [-0.39, 0.29) is 5.92 Å². The Morgan fingerprint density at radius 2 is 2.12 bits per heavy atom. The van der Waals surface area contributed by atoms with Crippen molar-refractivity contribution in [3.05, 3.63) is 0 Å². The van der Waals surface area contributed by atoms with Crippen LogP contribution in [0.1, 0.15) is 32.6 Å². The van der Waals surface area contributed by atoms with Gasteiger partial charge < -0.3 is 10.2 Å². The third-order valence-corrected chi connectivity index (χ3v) is 3.63. The van der Waals surface area contributed by atoms with Gasteiger partial charge in [0, 0.05) is 6.54 Å². The maximum Gasteiger partial charge on any atom is 0.0669 e. The molecule has 0 aromatic rings. The first-order valence-corrected chi connectivity index (χ1v) is 6.55. The van der Waals surface area contributed by atoms with Gasteiger partial charge in [-0.05, 0) is 58.3 Å². The molecule has 1 N–H and O–H groups in total. The molecular weight excluding hydrogens is 198 g/mol. The highest BCUT2D eigenvalue weighted by Gasteiger charge is 2.15. The average Bonchev–Trinajstić information content (AvgIpc) is 2.32. The van der Waals surface area contributed by atoms with Gasteiger partial charge in [-0.2, -0.15) is 5.26 Å². The van der Waals surface area contributed by atoms with Crippen LogP contribution in [0.2, 0.25) is 0 Å². The van der Waals surface area contributed by atoms with Gasteiger partial charge in [0.2, 0.25) is 0 Å². The number of rotatable bonds is 6. The summed E-state index contributed by atoms with van der Waals surface area (Å²) < 4.78 is 0. The summed E-state index contributed by atoms with van der Waals surface area (Å²) in [5.74, 6) is 1.09. The lowest BCUT2D eigenvalue weighted by molar-refractivity contribution is 0.211. The van der Waals surface area contributed by atoms with Gasteiger partial charge in [-0.25, -0.2) is 0 Å². The second kappa shape index (κ2) is 7.65. The Hall–Kier alpha value is -0.590. The highest BCUT2D eigenvalue weighted by molar-refractivity contribution is 4.83. The lowest BCUT2D eigenvalue weighted by Crippen LogP contribution is -2.32. The molecule has 0 saturated carbocycles. The molecule has 3 nitrogen and oxygen atoms in total. The summed E-state index contributed by atoms with van der Waals surface area (Å²) in [7, 11) is 2.20. The van der Waals surface area contributed by atoms with Crippen molar-refractivity contribution in [2.75, 3.05) is 33.2 Å². The fourth-order valence-corrected chi connectivity index (χ4v) is 2.21. The summed E-state index contributed by atoms with van der Waals surface area (Å²) in [5, 5.41) is 12.2. The van der Waals surface area contributed by atoms with Gasteiger partial charge in [-0.15, -0.1) is 0 Å². The van der Waals surface area contributed by atoms with E-state index in [1.54, 1.807) is 0 Å². The molecule has 1 saturated heterocycles.